The fourth-order valence-electron chi connectivity index (χ4n) is 2.51. The average Bonchev–Trinajstić information content (AvgIpc) is 3.11. The van der Waals surface area contributed by atoms with Crippen LogP contribution in [0.3, 0.4) is 0 Å². The quantitative estimate of drug-likeness (QED) is 0.804. The van der Waals surface area contributed by atoms with Crippen LogP contribution in [0.1, 0.15) is 34.1 Å². The third-order valence-electron chi connectivity index (χ3n) is 4.00. The van der Waals surface area contributed by atoms with Crippen LogP contribution >= 0.6 is 0 Å². The molecule has 5 heteroatoms. The van der Waals surface area contributed by atoms with Crippen molar-refractivity contribution in [1.82, 2.24) is 14.9 Å². The van der Waals surface area contributed by atoms with Crippen LogP contribution in [-0.4, -0.2) is 15.5 Å². The lowest BCUT2D eigenvalue weighted by Crippen LogP contribution is -2.23. The topological polar surface area (TPSA) is 60.1 Å². The van der Waals surface area contributed by atoms with E-state index in [1.165, 1.54) is 6.26 Å². The third-order valence-corrected chi connectivity index (χ3v) is 4.00. The number of rotatable bonds is 4. The highest BCUT2D eigenvalue weighted by Crippen LogP contribution is 2.24. The van der Waals surface area contributed by atoms with Gasteiger partial charge in [-0.25, -0.2) is 4.98 Å². The fraction of sp³-hybridized carbons (Fsp3) is 0.294. The number of aryl methyl sites for hydroxylation is 3. The number of amides is 1. The number of nitrogens with zero attached hydrogens (tertiary/aromatic N) is 2. The third kappa shape index (κ3) is 2.50. The molecule has 0 aliphatic carbocycles. The minimum absolute atomic E-state index is 0.133. The Kier molecular flexibility index (Phi) is 3.71. The van der Waals surface area contributed by atoms with Gasteiger partial charge in [0.1, 0.15) is 11.8 Å². The van der Waals surface area contributed by atoms with Gasteiger partial charge in [-0.2, -0.15) is 0 Å². The molecule has 2 heterocycles. The Hall–Kier alpha value is -2.56. The van der Waals surface area contributed by atoms with E-state index >= 15 is 0 Å². The first-order chi connectivity index (χ1) is 10.6. The van der Waals surface area contributed by atoms with E-state index in [1.807, 2.05) is 37.5 Å². The monoisotopic (exact) mass is 297 g/mol. The second-order valence-corrected chi connectivity index (χ2v) is 5.44. The predicted octanol–water partition coefficient (Wildman–Crippen LogP) is 3.20. The maximum Gasteiger partial charge on any atom is 0.255 e. The van der Waals surface area contributed by atoms with Gasteiger partial charge in [0, 0.05) is 18.1 Å². The van der Waals surface area contributed by atoms with E-state index in [4.69, 9.17) is 4.42 Å². The van der Waals surface area contributed by atoms with Crippen LogP contribution in [-0.2, 0) is 13.1 Å². The molecule has 3 aromatic rings. The SMILES string of the molecule is CCn1cncc1CNC(=O)c1coc2cc(C)c(C)cc12. The van der Waals surface area contributed by atoms with Crippen LogP contribution < -0.4 is 5.32 Å². The van der Waals surface area contributed by atoms with Crippen molar-refractivity contribution in [1.29, 1.82) is 0 Å². The fourth-order valence-corrected chi connectivity index (χ4v) is 2.51. The summed E-state index contributed by atoms with van der Waals surface area (Å²) >= 11 is 0. The molecule has 1 aromatic carbocycles. The summed E-state index contributed by atoms with van der Waals surface area (Å²) < 4.78 is 7.51. The average molecular weight is 297 g/mol. The number of imidazole rings is 1. The standard InChI is InChI=1S/C17H19N3O2/c1-4-20-10-18-7-13(20)8-19-17(21)15-9-22-16-6-12(3)11(2)5-14(15)16/h5-7,9-10H,4,8H2,1-3H3,(H,19,21). The van der Waals surface area contributed by atoms with Crippen molar-refractivity contribution in [3.63, 3.8) is 0 Å². The van der Waals surface area contributed by atoms with Crippen LogP contribution in [0, 0.1) is 13.8 Å². The second kappa shape index (κ2) is 5.67. The molecule has 0 unspecified atom stereocenters. The molecule has 0 bridgehead atoms. The molecule has 22 heavy (non-hydrogen) atoms. The number of hydrogen-bond donors (Lipinski definition) is 1. The van der Waals surface area contributed by atoms with Gasteiger partial charge < -0.3 is 14.3 Å². The van der Waals surface area contributed by atoms with Crippen molar-refractivity contribution in [2.75, 3.05) is 0 Å². The molecule has 0 saturated carbocycles. The van der Waals surface area contributed by atoms with Crippen LogP contribution in [0.4, 0.5) is 0 Å². The Bertz CT molecular complexity index is 830. The van der Waals surface area contributed by atoms with Gasteiger partial charge in [-0.1, -0.05) is 0 Å². The zero-order chi connectivity index (χ0) is 15.7. The van der Waals surface area contributed by atoms with Gasteiger partial charge in [-0.05, 0) is 44.0 Å². The van der Waals surface area contributed by atoms with Gasteiger partial charge in [-0.3, -0.25) is 4.79 Å². The molecule has 2 aromatic heterocycles. The van der Waals surface area contributed by atoms with E-state index in [0.717, 1.165) is 34.3 Å². The molecule has 0 fully saturated rings. The van der Waals surface area contributed by atoms with E-state index in [1.54, 1.807) is 12.5 Å². The van der Waals surface area contributed by atoms with Crippen molar-refractivity contribution in [3.05, 3.63) is 53.3 Å². The lowest BCUT2D eigenvalue weighted by molar-refractivity contribution is 0.0951. The lowest BCUT2D eigenvalue weighted by Gasteiger charge is -2.07. The summed E-state index contributed by atoms with van der Waals surface area (Å²) in [4.78, 5) is 16.5. The number of benzene rings is 1. The minimum atomic E-state index is -0.133. The summed E-state index contributed by atoms with van der Waals surface area (Å²) in [6, 6.07) is 3.97. The summed E-state index contributed by atoms with van der Waals surface area (Å²) in [6.45, 7) is 7.39. The molecule has 1 amide bonds. The van der Waals surface area contributed by atoms with Gasteiger partial charge in [0.2, 0.25) is 0 Å². The summed E-state index contributed by atoms with van der Waals surface area (Å²) in [5.74, 6) is -0.133. The Morgan fingerprint density at radius 2 is 2.09 bits per heavy atom. The molecule has 0 saturated heterocycles. The van der Waals surface area contributed by atoms with E-state index in [0.29, 0.717) is 12.1 Å². The zero-order valence-electron chi connectivity index (χ0n) is 13.0. The predicted molar refractivity (Wildman–Crippen MR) is 84.8 cm³/mol. The Balaban J connectivity index is 1.82. The molecular weight excluding hydrogens is 278 g/mol. The van der Waals surface area contributed by atoms with Gasteiger partial charge >= 0.3 is 0 Å². The molecule has 0 aliphatic rings. The smallest absolute Gasteiger partial charge is 0.255 e. The maximum atomic E-state index is 12.4. The van der Waals surface area contributed by atoms with Gasteiger partial charge in [0.25, 0.3) is 5.91 Å². The van der Waals surface area contributed by atoms with E-state index in [2.05, 4.69) is 10.3 Å². The van der Waals surface area contributed by atoms with Crippen LogP contribution in [0.25, 0.3) is 11.0 Å². The van der Waals surface area contributed by atoms with Crippen molar-refractivity contribution in [2.45, 2.75) is 33.9 Å². The van der Waals surface area contributed by atoms with Crippen molar-refractivity contribution >= 4 is 16.9 Å². The summed E-state index contributed by atoms with van der Waals surface area (Å²) in [6.07, 6.45) is 5.06. The molecule has 0 atom stereocenters. The lowest BCUT2D eigenvalue weighted by atomic mass is 10.1. The van der Waals surface area contributed by atoms with Gasteiger partial charge in [0.15, 0.2) is 0 Å². The van der Waals surface area contributed by atoms with Crippen LogP contribution in [0.15, 0.2) is 35.3 Å². The highest BCUT2D eigenvalue weighted by molar-refractivity contribution is 6.06. The van der Waals surface area contributed by atoms with Crippen molar-refractivity contribution in [2.24, 2.45) is 0 Å². The van der Waals surface area contributed by atoms with Crippen LogP contribution in [0.5, 0.6) is 0 Å². The first kappa shape index (κ1) is 14.4. The number of carbonyl (C=O) groups is 1. The van der Waals surface area contributed by atoms with E-state index in [-0.39, 0.29) is 5.91 Å². The number of furan rings is 1. The highest BCUT2D eigenvalue weighted by Gasteiger charge is 2.15. The molecule has 0 radical (unpaired) electrons. The van der Waals surface area contributed by atoms with E-state index < -0.39 is 0 Å². The van der Waals surface area contributed by atoms with Crippen molar-refractivity contribution in [3.8, 4) is 0 Å². The first-order valence-electron chi connectivity index (χ1n) is 7.35. The summed E-state index contributed by atoms with van der Waals surface area (Å²) in [5, 5.41) is 3.78. The number of hydrogen-bond acceptors (Lipinski definition) is 3. The molecule has 3 rings (SSSR count). The Morgan fingerprint density at radius 1 is 1.32 bits per heavy atom. The van der Waals surface area contributed by atoms with E-state index in [9.17, 15) is 4.79 Å². The maximum absolute atomic E-state index is 12.4. The minimum Gasteiger partial charge on any atom is -0.463 e. The zero-order valence-corrected chi connectivity index (χ0v) is 13.0. The molecule has 0 aliphatic heterocycles. The summed E-state index contributed by atoms with van der Waals surface area (Å²) in [7, 11) is 0. The van der Waals surface area contributed by atoms with Gasteiger partial charge in [0.05, 0.1) is 24.1 Å². The number of nitrogens with one attached hydrogen (secondary N) is 1. The highest BCUT2D eigenvalue weighted by atomic mass is 16.3. The summed E-state index contributed by atoms with van der Waals surface area (Å²) in [5.41, 5.74) is 4.59. The normalized spacial score (nSPS) is 11.0. The Labute approximate surface area is 129 Å². The molecule has 114 valence electrons. The molecule has 0 spiro atoms. The Morgan fingerprint density at radius 3 is 2.86 bits per heavy atom. The first-order valence-corrected chi connectivity index (χ1v) is 7.35. The molecule has 1 N–H and O–H groups in total. The van der Waals surface area contributed by atoms with Crippen molar-refractivity contribution < 1.29 is 9.21 Å². The van der Waals surface area contributed by atoms with Gasteiger partial charge in [-0.15, -0.1) is 0 Å². The number of aromatic nitrogens is 2. The molecule has 5 nitrogen and oxygen atoms in total. The van der Waals surface area contributed by atoms with Crippen LogP contribution in [0.2, 0.25) is 0 Å². The largest absolute Gasteiger partial charge is 0.463 e. The number of fused-ring (bicyclic) bond motifs is 1. The molecular formula is C17H19N3O2. The second-order valence-electron chi connectivity index (χ2n) is 5.44. The number of carbonyl (C=O) groups excluding carboxylic acids is 1.